The Balaban J connectivity index is 2.07. The molecule has 2 rings (SSSR count). The minimum absolute atomic E-state index is 0.447. The van der Waals surface area contributed by atoms with Crippen LogP contribution in [0.25, 0.3) is 0 Å². The number of hydrogen-bond acceptors (Lipinski definition) is 2. The van der Waals surface area contributed by atoms with E-state index < -0.39 is 6.09 Å². The molecule has 1 amide bonds. The van der Waals surface area contributed by atoms with Crippen LogP contribution in [0.15, 0.2) is 42.5 Å². The molecule has 0 radical (unpaired) electrons. The molecule has 0 saturated heterocycles. The van der Waals surface area contributed by atoms with Gasteiger partial charge < -0.3 is 4.74 Å². The van der Waals surface area contributed by atoms with E-state index in [-0.39, 0.29) is 0 Å². The van der Waals surface area contributed by atoms with E-state index >= 15 is 0 Å². The van der Waals surface area contributed by atoms with Gasteiger partial charge in [-0.15, -0.1) is 0 Å². The van der Waals surface area contributed by atoms with Gasteiger partial charge in [-0.2, -0.15) is 0 Å². The van der Waals surface area contributed by atoms with Crippen LogP contribution in [-0.2, 0) is 6.42 Å². The number of carbonyl (C=O) groups excluding carboxylic acids is 1. The van der Waals surface area contributed by atoms with Crippen molar-refractivity contribution in [3.63, 3.8) is 0 Å². The molecule has 22 heavy (non-hydrogen) atoms. The lowest BCUT2D eigenvalue weighted by Crippen LogP contribution is -2.18. The molecule has 0 unspecified atom stereocenters. The van der Waals surface area contributed by atoms with Gasteiger partial charge in [-0.3, -0.25) is 5.32 Å². The molecule has 3 heteroatoms. The summed E-state index contributed by atoms with van der Waals surface area (Å²) in [6, 6.07) is 13.5. The monoisotopic (exact) mass is 297 g/mol. The normalized spacial score (nSPS) is 10.3. The Morgan fingerprint density at radius 1 is 1.09 bits per heavy atom. The van der Waals surface area contributed by atoms with Crippen molar-refractivity contribution in [2.75, 3.05) is 5.32 Å². The molecular formula is C19H23NO2. The number of carbonyl (C=O) groups is 1. The van der Waals surface area contributed by atoms with Gasteiger partial charge in [0, 0.05) is 5.69 Å². The van der Waals surface area contributed by atoms with Crippen LogP contribution in [0.4, 0.5) is 10.5 Å². The van der Waals surface area contributed by atoms with Crippen molar-refractivity contribution in [2.24, 2.45) is 0 Å². The second-order valence-corrected chi connectivity index (χ2v) is 5.47. The first-order chi connectivity index (χ1) is 10.6. The van der Waals surface area contributed by atoms with Crippen molar-refractivity contribution in [3.05, 3.63) is 59.2 Å². The van der Waals surface area contributed by atoms with Gasteiger partial charge in [-0.25, -0.2) is 4.79 Å². The lowest BCUT2D eigenvalue weighted by molar-refractivity contribution is 0.214. The fourth-order valence-corrected chi connectivity index (χ4v) is 2.30. The maximum Gasteiger partial charge on any atom is 0.417 e. The van der Waals surface area contributed by atoms with Crippen molar-refractivity contribution in [1.82, 2.24) is 0 Å². The summed E-state index contributed by atoms with van der Waals surface area (Å²) in [5.74, 6) is 0.638. The van der Waals surface area contributed by atoms with Gasteiger partial charge in [0.2, 0.25) is 0 Å². The SMILES string of the molecule is CCCCc1ccccc1OC(=O)Nc1cccc(C)c1C. The molecule has 0 bridgehead atoms. The molecule has 0 saturated carbocycles. The molecular weight excluding hydrogens is 274 g/mol. The number of hydrogen-bond donors (Lipinski definition) is 1. The van der Waals surface area contributed by atoms with Gasteiger partial charge in [0.05, 0.1) is 0 Å². The Hall–Kier alpha value is -2.29. The third-order valence-corrected chi connectivity index (χ3v) is 3.82. The van der Waals surface area contributed by atoms with Crippen LogP contribution in [0, 0.1) is 13.8 Å². The van der Waals surface area contributed by atoms with E-state index in [0.29, 0.717) is 5.75 Å². The molecule has 0 aromatic heterocycles. The van der Waals surface area contributed by atoms with Crippen LogP contribution in [0.3, 0.4) is 0 Å². The van der Waals surface area contributed by atoms with Crippen molar-refractivity contribution >= 4 is 11.8 Å². The van der Waals surface area contributed by atoms with Gasteiger partial charge in [-0.05, 0) is 55.5 Å². The van der Waals surface area contributed by atoms with Crippen LogP contribution in [0.1, 0.15) is 36.5 Å². The highest BCUT2D eigenvalue weighted by Crippen LogP contribution is 2.22. The summed E-state index contributed by atoms with van der Waals surface area (Å²) < 4.78 is 5.49. The Bertz CT molecular complexity index is 650. The van der Waals surface area contributed by atoms with E-state index in [0.717, 1.165) is 41.6 Å². The molecule has 2 aromatic rings. The lowest BCUT2D eigenvalue weighted by Gasteiger charge is -2.12. The number of unbranched alkanes of at least 4 members (excludes halogenated alkanes) is 1. The Labute approximate surface area is 132 Å². The second kappa shape index (κ2) is 7.64. The summed E-state index contributed by atoms with van der Waals surface area (Å²) in [6.07, 6.45) is 2.67. The quantitative estimate of drug-likeness (QED) is 0.817. The van der Waals surface area contributed by atoms with Crippen LogP contribution in [0.2, 0.25) is 0 Å². The van der Waals surface area contributed by atoms with E-state index in [1.54, 1.807) is 0 Å². The van der Waals surface area contributed by atoms with Crippen LogP contribution < -0.4 is 10.1 Å². The molecule has 116 valence electrons. The van der Waals surface area contributed by atoms with Crippen molar-refractivity contribution in [2.45, 2.75) is 40.0 Å². The summed E-state index contributed by atoms with van der Waals surface area (Å²) in [5.41, 5.74) is 4.05. The fraction of sp³-hybridized carbons (Fsp3) is 0.316. The predicted molar refractivity (Wildman–Crippen MR) is 90.6 cm³/mol. The number of ether oxygens (including phenoxy) is 1. The second-order valence-electron chi connectivity index (χ2n) is 5.47. The third kappa shape index (κ3) is 4.10. The fourth-order valence-electron chi connectivity index (χ4n) is 2.30. The van der Waals surface area contributed by atoms with Crippen LogP contribution in [0.5, 0.6) is 5.75 Å². The van der Waals surface area contributed by atoms with Gasteiger partial charge in [0.1, 0.15) is 5.75 Å². The highest BCUT2D eigenvalue weighted by molar-refractivity contribution is 5.87. The molecule has 2 aromatic carbocycles. The first kappa shape index (κ1) is 16.1. The van der Waals surface area contributed by atoms with E-state index in [9.17, 15) is 4.79 Å². The smallest absolute Gasteiger partial charge is 0.410 e. The van der Waals surface area contributed by atoms with Crippen LogP contribution >= 0.6 is 0 Å². The third-order valence-electron chi connectivity index (χ3n) is 3.82. The number of para-hydroxylation sites is 1. The Kier molecular flexibility index (Phi) is 5.59. The standard InChI is InChI=1S/C19H23NO2/c1-4-5-10-16-11-6-7-13-18(16)22-19(21)20-17-12-8-9-14(2)15(17)3/h6-9,11-13H,4-5,10H2,1-3H3,(H,20,21). The average molecular weight is 297 g/mol. The molecule has 1 N–H and O–H groups in total. The zero-order chi connectivity index (χ0) is 15.9. The minimum atomic E-state index is -0.447. The number of nitrogens with one attached hydrogen (secondary N) is 1. The summed E-state index contributed by atoms with van der Waals surface area (Å²) in [7, 11) is 0. The van der Waals surface area contributed by atoms with Crippen molar-refractivity contribution < 1.29 is 9.53 Å². The van der Waals surface area contributed by atoms with E-state index in [1.165, 1.54) is 0 Å². The number of benzene rings is 2. The largest absolute Gasteiger partial charge is 0.417 e. The maximum atomic E-state index is 12.1. The molecule has 0 aliphatic carbocycles. The highest BCUT2D eigenvalue weighted by Gasteiger charge is 2.10. The van der Waals surface area contributed by atoms with Gasteiger partial charge in [-0.1, -0.05) is 43.7 Å². The molecule has 0 aliphatic rings. The van der Waals surface area contributed by atoms with Gasteiger partial charge >= 0.3 is 6.09 Å². The van der Waals surface area contributed by atoms with Gasteiger partial charge in [0.25, 0.3) is 0 Å². The number of anilines is 1. The van der Waals surface area contributed by atoms with Crippen molar-refractivity contribution in [1.29, 1.82) is 0 Å². The summed E-state index contributed by atoms with van der Waals surface area (Å²) in [4.78, 5) is 12.1. The van der Waals surface area contributed by atoms with Gasteiger partial charge in [0.15, 0.2) is 0 Å². The zero-order valence-corrected chi connectivity index (χ0v) is 13.5. The first-order valence-electron chi connectivity index (χ1n) is 7.74. The number of amides is 1. The Morgan fingerprint density at radius 2 is 1.86 bits per heavy atom. The average Bonchev–Trinajstić information content (AvgIpc) is 2.51. The Morgan fingerprint density at radius 3 is 2.64 bits per heavy atom. The molecule has 0 heterocycles. The van der Waals surface area contributed by atoms with E-state index in [2.05, 4.69) is 12.2 Å². The van der Waals surface area contributed by atoms with E-state index in [4.69, 9.17) is 4.74 Å². The summed E-state index contributed by atoms with van der Waals surface area (Å²) in [6.45, 7) is 6.16. The topological polar surface area (TPSA) is 38.3 Å². The maximum absolute atomic E-state index is 12.1. The zero-order valence-electron chi connectivity index (χ0n) is 13.5. The van der Waals surface area contributed by atoms with E-state index in [1.807, 2.05) is 56.3 Å². The first-order valence-corrected chi connectivity index (χ1v) is 7.74. The summed E-state index contributed by atoms with van der Waals surface area (Å²) in [5, 5.41) is 2.82. The molecule has 3 nitrogen and oxygen atoms in total. The molecule has 0 spiro atoms. The molecule has 0 atom stereocenters. The molecule has 0 aliphatic heterocycles. The number of aryl methyl sites for hydroxylation is 2. The molecule has 0 fully saturated rings. The summed E-state index contributed by atoms with van der Waals surface area (Å²) >= 11 is 0. The lowest BCUT2D eigenvalue weighted by atomic mass is 10.1. The minimum Gasteiger partial charge on any atom is -0.410 e. The van der Waals surface area contributed by atoms with Crippen LogP contribution in [-0.4, -0.2) is 6.09 Å². The number of rotatable bonds is 5. The highest BCUT2D eigenvalue weighted by atomic mass is 16.6. The predicted octanol–water partition coefficient (Wildman–Crippen LogP) is 5.26. The van der Waals surface area contributed by atoms with Crippen molar-refractivity contribution in [3.8, 4) is 5.75 Å².